The number of carbonyl (C=O) groups excluding carboxylic acids is 2. The smallest absolute Gasteiger partial charge is 0.225 e. The Morgan fingerprint density at radius 2 is 1.62 bits per heavy atom. The zero-order valence-electron chi connectivity index (χ0n) is 16.0. The van der Waals surface area contributed by atoms with E-state index < -0.39 is 0 Å². The Morgan fingerprint density at radius 1 is 0.923 bits per heavy atom. The van der Waals surface area contributed by atoms with E-state index in [0.29, 0.717) is 24.8 Å². The minimum atomic E-state index is 0. The second-order valence-corrected chi connectivity index (χ2v) is 8.39. The number of nitrogens with one attached hydrogen (secondary N) is 1. The highest BCUT2D eigenvalue weighted by molar-refractivity contribution is 5.85. The zero-order valence-corrected chi connectivity index (χ0v) is 16.8. The van der Waals surface area contributed by atoms with Crippen molar-refractivity contribution in [2.75, 3.05) is 13.1 Å². The molecule has 0 bridgehead atoms. The molecule has 1 atom stereocenters. The van der Waals surface area contributed by atoms with Gasteiger partial charge in [0.25, 0.3) is 0 Å². The lowest BCUT2D eigenvalue weighted by atomic mass is 9.84. The molecule has 3 aliphatic rings. The normalized spacial score (nSPS) is 29.9. The van der Waals surface area contributed by atoms with Gasteiger partial charge in [0.15, 0.2) is 0 Å². The maximum atomic E-state index is 12.7. The third kappa shape index (κ3) is 5.59. The number of nitrogens with zero attached hydrogens (tertiary/aromatic N) is 1. The number of amides is 2. The zero-order chi connectivity index (χ0) is 17.6. The molecule has 0 aromatic heterocycles. The highest BCUT2D eigenvalue weighted by atomic mass is 35.5. The topological polar surface area (TPSA) is 75.4 Å². The summed E-state index contributed by atoms with van der Waals surface area (Å²) in [6, 6.07) is 0.518. The van der Waals surface area contributed by atoms with Gasteiger partial charge in [0.05, 0.1) is 0 Å². The second-order valence-electron chi connectivity index (χ2n) is 8.39. The van der Waals surface area contributed by atoms with Crippen molar-refractivity contribution in [1.29, 1.82) is 0 Å². The van der Waals surface area contributed by atoms with Gasteiger partial charge in [-0.15, -0.1) is 12.4 Å². The fourth-order valence-electron chi connectivity index (χ4n) is 5.03. The van der Waals surface area contributed by atoms with Crippen LogP contribution in [0.1, 0.15) is 77.0 Å². The van der Waals surface area contributed by atoms with Crippen LogP contribution in [-0.2, 0) is 9.59 Å². The fourth-order valence-corrected chi connectivity index (χ4v) is 5.03. The van der Waals surface area contributed by atoms with Crippen LogP contribution in [0, 0.1) is 11.8 Å². The molecule has 1 heterocycles. The number of nitrogens with two attached hydrogens (primary N) is 1. The van der Waals surface area contributed by atoms with Gasteiger partial charge in [0.1, 0.15) is 0 Å². The maximum absolute atomic E-state index is 12.7. The molecule has 2 aliphatic carbocycles. The minimum absolute atomic E-state index is 0. The van der Waals surface area contributed by atoms with Crippen molar-refractivity contribution < 1.29 is 9.59 Å². The van der Waals surface area contributed by atoms with Crippen molar-refractivity contribution in [3.8, 4) is 0 Å². The number of carbonyl (C=O) groups is 2. The molecule has 1 saturated heterocycles. The Morgan fingerprint density at radius 3 is 2.27 bits per heavy atom. The summed E-state index contributed by atoms with van der Waals surface area (Å²) in [5.74, 6) is 1.26. The van der Waals surface area contributed by atoms with Gasteiger partial charge in [0.2, 0.25) is 11.8 Å². The molecule has 26 heavy (non-hydrogen) atoms. The van der Waals surface area contributed by atoms with Crippen LogP contribution in [-0.4, -0.2) is 41.9 Å². The largest absolute Gasteiger partial charge is 0.353 e. The summed E-state index contributed by atoms with van der Waals surface area (Å²) in [5.41, 5.74) is 5.80. The number of likely N-dealkylation sites (tertiary alicyclic amines) is 1. The molecule has 3 N–H and O–H groups in total. The summed E-state index contributed by atoms with van der Waals surface area (Å²) < 4.78 is 0. The molecule has 150 valence electrons. The van der Waals surface area contributed by atoms with Gasteiger partial charge < -0.3 is 16.0 Å². The van der Waals surface area contributed by atoms with E-state index in [-0.39, 0.29) is 36.3 Å². The average molecular weight is 386 g/mol. The maximum Gasteiger partial charge on any atom is 0.225 e. The van der Waals surface area contributed by atoms with E-state index in [4.69, 9.17) is 5.73 Å². The van der Waals surface area contributed by atoms with Crippen molar-refractivity contribution in [1.82, 2.24) is 10.2 Å². The van der Waals surface area contributed by atoms with Gasteiger partial charge in [-0.25, -0.2) is 0 Å². The lowest BCUT2D eigenvalue weighted by Gasteiger charge is -2.33. The number of hydrogen-bond acceptors (Lipinski definition) is 3. The number of halogens is 1. The van der Waals surface area contributed by atoms with Crippen LogP contribution in [0.25, 0.3) is 0 Å². The van der Waals surface area contributed by atoms with E-state index >= 15 is 0 Å². The Hall–Kier alpha value is -0.810. The Balaban J connectivity index is 0.00000243. The van der Waals surface area contributed by atoms with Crippen molar-refractivity contribution in [3.63, 3.8) is 0 Å². The molecular formula is C20H36ClN3O2. The van der Waals surface area contributed by atoms with Gasteiger partial charge in [-0.2, -0.15) is 0 Å². The highest BCUT2D eigenvalue weighted by Gasteiger charge is 2.34. The molecule has 2 saturated carbocycles. The van der Waals surface area contributed by atoms with Crippen molar-refractivity contribution in [2.45, 2.75) is 89.1 Å². The Bertz CT molecular complexity index is 460. The summed E-state index contributed by atoms with van der Waals surface area (Å²) in [6.07, 6.45) is 12.8. The van der Waals surface area contributed by atoms with Crippen LogP contribution in [0.3, 0.4) is 0 Å². The van der Waals surface area contributed by atoms with Crippen LogP contribution in [0.2, 0.25) is 0 Å². The van der Waals surface area contributed by atoms with E-state index in [1.54, 1.807) is 0 Å². The van der Waals surface area contributed by atoms with Crippen molar-refractivity contribution in [3.05, 3.63) is 0 Å². The van der Waals surface area contributed by atoms with E-state index in [1.165, 1.54) is 32.1 Å². The lowest BCUT2D eigenvalue weighted by molar-refractivity contribution is -0.137. The van der Waals surface area contributed by atoms with Crippen LogP contribution < -0.4 is 11.1 Å². The lowest BCUT2D eigenvalue weighted by Crippen LogP contribution is -2.45. The summed E-state index contributed by atoms with van der Waals surface area (Å²) in [7, 11) is 0. The molecule has 0 aromatic carbocycles. The molecule has 1 aliphatic heterocycles. The molecule has 0 aromatic rings. The van der Waals surface area contributed by atoms with Crippen molar-refractivity contribution in [2.24, 2.45) is 17.6 Å². The molecule has 1 unspecified atom stereocenters. The molecule has 2 amide bonds. The number of rotatable bonds is 5. The van der Waals surface area contributed by atoms with Crippen LogP contribution in [0.5, 0.6) is 0 Å². The Labute approximate surface area is 164 Å². The highest BCUT2D eigenvalue weighted by Crippen LogP contribution is 2.30. The van der Waals surface area contributed by atoms with Crippen LogP contribution >= 0.6 is 12.4 Å². The quantitative estimate of drug-likeness (QED) is 0.763. The minimum Gasteiger partial charge on any atom is -0.353 e. The first-order valence-electron chi connectivity index (χ1n) is 10.5. The fraction of sp³-hybridized carbons (Fsp3) is 0.900. The summed E-state index contributed by atoms with van der Waals surface area (Å²) in [4.78, 5) is 27.1. The molecule has 3 fully saturated rings. The predicted octanol–water partition coefficient (Wildman–Crippen LogP) is 3.00. The molecule has 5 nitrogen and oxygen atoms in total. The second kappa shape index (κ2) is 10.5. The van der Waals surface area contributed by atoms with E-state index in [0.717, 1.165) is 45.1 Å². The van der Waals surface area contributed by atoms with E-state index in [9.17, 15) is 9.59 Å². The van der Waals surface area contributed by atoms with Crippen LogP contribution in [0.4, 0.5) is 0 Å². The van der Waals surface area contributed by atoms with Gasteiger partial charge in [-0.1, -0.05) is 19.3 Å². The number of hydrogen-bond donors (Lipinski definition) is 2. The molecule has 6 heteroatoms. The SMILES string of the molecule is Cl.NCC1CCCN1C(=O)C1CCC(NC(=O)CC2CCCCC2)CC1. The third-order valence-corrected chi connectivity index (χ3v) is 6.57. The molecular weight excluding hydrogens is 350 g/mol. The first-order chi connectivity index (χ1) is 12.2. The van der Waals surface area contributed by atoms with Gasteiger partial charge in [0, 0.05) is 37.5 Å². The third-order valence-electron chi connectivity index (χ3n) is 6.57. The summed E-state index contributed by atoms with van der Waals surface area (Å²) in [5, 5.41) is 3.23. The standard InChI is InChI=1S/C20H35N3O2.ClH/c21-14-18-7-4-12-23(18)20(25)16-8-10-17(11-9-16)22-19(24)13-15-5-2-1-3-6-15;/h15-18H,1-14,21H2,(H,22,24);1H. The first kappa shape index (κ1) is 21.5. The molecule has 0 spiro atoms. The average Bonchev–Trinajstić information content (AvgIpc) is 3.11. The molecule has 0 radical (unpaired) electrons. The first-order valence-corrected chi connectivity index (χ1v) is 10.5. The van der Waals surface area contributed by atoms with E-state index in [1.807, 2.05) is 4.90 Å². The van der Waals surface area contributed by atoms with Crippen molar-refractivity contribution >= 4 is 24.2 Å². The predicted molar refractivity (Wildman–Crippen MR) is 106 cm³/mol. The van der Waals surface area contributed by atoms with Gasteiger partial charge in [-0.05, 0) is 57.3 Å². The van der Waals surface area contributed by atoms with Crippen LogP contribution in [0.15, 0.2) is 0 Å². The van der Waals surface area contributed by atoms with E-state index in [2.05, 4.69) is 5.32 Å². The monoisotopic (exact) mass is 385 g/mol. The summed E-state index contributed by atoms with van der Waals surface area (Å²) >= 11 is 0. The molecule has 3 rings (SSSR count). The summed E-state index contributed by atoms with van der Waals surface area (Å²) in [6.45, 7) is 1.46. The van der Waals surface area contributed by atoms with Gasteiger partial charge in [-0.3, -0.25) is 9.59 Å². The van der Waals surface area contributed by atoms with Gasteiger partial charge >= 0.3 is 0 Å². The Kier molecular flexibility index (Phi) is 8.68.